The van der Waals surface area contributed by atoms with E-state index < -0.39 is 0 Å². The van der Waals surface area contributed by atoms with Crippen LogP contribution in [-0.4, -0.2) is 75.5 Å². The molecule has 2 aliphatic heterocycles. The number of guanidine groups is 1. The maximum Gasteiger partial charge on any atom is 0.191 e. The van der Waals surface area contributed by atoms with Crippen molar-refractivity contribution >= 4 is 29.9 Å². The highest BCUT2D eigenvalue weighted by Crippen LogP contribution is 2.62. The molecule has 0 bridgehead atoms. The summed E-state index contributed by atoms with van der Waals surface area (Å²) in [5.74, 6) is 1.68. The minimum Gasteiger partial charge on any atom is -0.379 e. The maximum atomic E-state index is 6.02. The Morgan fingerprint density at radius 3 is 2.72 bits per heavy atom. The molecule has 25 heavy (non-hydrogen) atoms. The summed E-state index contributed by atoms with van der Waals surface area (Å²) in [6.07, 6.45) is 5.71. The SMILES string of the molecule is CCNC(=NCCN1CCOCC1)NC1C2CCOC2C12CCC2.I. The van der Waals surface area contributed by atoms with Gasteiger partial charge in [-0.2, -0.15) is 0 Å². The molecule has 0 amide bonds. The van der Waals surface area contributed by atoms with Crippen molar-refractivity contribution in [3.05, 3.63) is 0 Å². The van der Waals surface area contributed by atoms with Gasteiger partial charge in [0.05, 0.1) is 25.9 Å². The van der Waals surface area contributed by atoms with Crippen LogP contribution >= 0.6 is 24.0 Å². The van der Waals surface area contributed by atoms with Crippen molar-refractivity contribution in [3.63, 3.8) is 0 Å². The highest BCUT2D eigenvalue weighted by molar-refractivity contribution is 14.0. The van der Waals surface area contributed by atoms with Gasteiger partial charge in [-0.25, -0.2) is 0 Å². The van der Waals surface area contributed by atoms with Crippen molar-refractivity contribution in [2.24, 2.45) is 16.3 Å². The van der Waals surface area contributed by atoms with Crippen LogP contribution in [0.5, 0.6) is 0 Å². The fourth-order valence-corrected chi connectivity index (χ4v) is 5.05. The average Bonchev–Trinajstić information content (AvgIpc) is 2.97. The standard InChI is InChI=1S/C18H32N4O2.HI/c1-2-19-17(20-7-8-22-9-12-23-13-10-22)21-15-14-4-11-24-16(14)18(15)5-3-6-18;/h14-16H,2-13H2,1H3,(H2,19,20,21);1H. The van der Waals surface area contributed by atoms with E-state index in [2.05, 4.69) is 22.5 Å². The highest BCUT2D eigenvalue weighted by Gasteiger charge is 2.66. The smallest absolute Gasteiger partial charge is 0.191 e. The molecule has 0 aromatic heterocycles. The number of hydrogen-bond donors (Lipinski definition) is 2. The van der Waals surface area contributed by atoms with E-state index in [4.69, 9.17) is 14.5 Å². The molecular weight excluding hydrogens is 431 g/mol. The van der Waals surface area contributed by atoms with Crippen LogP contribution < -0.4 is 10.6 Å². The molecule has 3 atom stereocenters. The average molecular weight is 464 g/mol. The zero-order chi connectivity index (χ0) is 16.4. The van der Waals surface area contributed by atoms with Crippen molar-refractivity contribution in [1.29, 1.82) is 0 Å². The Morgan fingerprint density at radius 2 is 2.04 bits per heavy atom. The molecule has 0 radical (unpaired) electrons. The zero-order valence-corrected chi connectivity index (χ0v) is 17.7. The molecule has 0 aromatic carbocycles. The molecule has 2 saturated carbocycles. The summed E-state index contributed by atoms with van der Waals surface area (Å²) in [4.78, 5) is 7.28. The molecule has 6 nitrogen and oxygen atoms in total. The molecule has 2 saturated heterocycles. The molecule has 4 fully saturated rings. The molecular formula is C18H33IN4O2. The number of halogens is 1. The molecule has 3 unspecified atom stereocenters. The first-order valence-corrected chi connectivity index (χ1v) is 9.80. The van der Waals surface area contributed by atoms with E-state index in [1.54, 1.807) is 0 Å². The number of nitrogens with one attached hydrogen (secondary N) is 2. The maximum absolute atomic E-state index is 6.02. The summed E-state index contributed by atoms with van der Waals surface area (Å²) < 4.78 is 11.4. The number of rotatable bonds is 5. The van der Waals surface area contributed by atoms with Gasteiger partial charge in [-0.1, -0.05) is 6.42 Å². The van der Waals surface area contributed by atoms with Crippen molar-refractivity contribution in [2.45, 2.75) is 44.8 Å². The van der Waals surface area contributed by atoms with Gasteiger partial charge in [0.25, 0.3) is 0 Å². The molecule has 2 heterocycles. The molecule has 4 rings (SSSR count). The van der Waals surface area contributed by atoms with E-state index in [-0.39, 0.29) is 24.0 Å². The van der Waals surface area contributed by atoms with Crippen LogP contribution in [0.15, 0.2) is 4.99 Å². The van der Waals surface area contributed by atoms with E-state index in [1.165, 1.54) is 25.7 Å². The van der Waals surface area contributed by atoms with Gasteiger partial charge in [-0.05, 0) is 26.2 Å². The summed E-state index contributed by atoms with van der Waals surface area (Å²) in [6.45, 7) is 9.64. The molecule has 0 aromatic rings. The fraction of sp³-hybridized carbons (Fsp3) is 0.944. The number of morpholine rings is 1. The third kappa shape index (κ3) is 3.80. The first-order chi connectivity index (χ1) is 11.8. The summed E-state index contributed by atoms with van der Waals surface area (Å²) in [5.41, 5.74) is 0.404. The van der Waals surface area contributed by atoms with Gasteiger partial charge < -0.3 is 20.1 Å². The predicted octanol–water partition coefficient (Wildman–Crippen LogP) is 1.45. The van der Waals surface area contributed by atoms with Crippen LogP contribution in [0.1, 0.15) is 32.6 Å². The Hall–Kier alpha value is -0.120. The van der Waals surface area contributed by atoms with Crippen LogP contribution in [0.3, 0.4) is 0 Å². The Labute approximate surface area is 168 Å². The third-order valence-corrected chi connectivity index (χ3v) is 6.46. The van der Waals surface area contributed by atoms with Crippen molar-refractivity contribution in [3.8, 4) is 0 Å². The largest absolute Gasteiger partial charge is 0.379 e. The van der Waals surface area contributed by atoms with Gasteiger partial charge in [0.1, 0.15) is 0 Å². The zero-order valence-electron chi connectivity index (χ0n) is 15.3. The lowest BCUT2D eigenvalue weighted by Crippen LogP contribution is -2.72. The predicted molar refractivity (Wildman–Crippen MR) is 110 cm³/mol. The van der Waals surface area contributed by atoms with Gasteiger partial charge in [0.15, 0.2) is 5.96 Å². The molecule has 2 N–H and O–H groups in total. The third-order valence-electron chi connectivity index (χ3n) is 6.46. The van der Waals surface area contributed by atoms with Crippen LogP contribution in [0, 0.1) is 11.3 Å². The fourth-order valence-electron chi connectivity index (χ4n) is 5.05. The van der Waals surface area contributed by atoms with Crippen molar-refractivity contribution in [1.82, 2.24) is 15.5 Å². The Bertz CT molecular complexity index is 466. The van der Waals surface area contributed by atoms with Crippen molar-refractivity contribution < 1.29 is 9.47 Å². The summed E-state index contributed by atoms with van der Waals surface area (Å²) >= 11 is 0. The Kier molecular flexibility index (Phi) is 6.84. The van der Waals surface area contributed by atoms with Crippen molar-refractivity contribution in [2.75, 3.05) is 52.5 Å². The number of nitrogens with zero attached hydrogens (tertiary/aromatic N) is 2. The van der Waals surface area contributed by atoms with Gasteiger partial charge in [0, 0.05) is 50.2 Å². The lowest BCUT2D eigenvalue weighted by Gasteiger charge is -2.63. The second-order valence-corrected chi connectivity index (χ2v) is 7.67. The molecule has 1 spiro atoms. The number of aliphatic imine (C=N–C) groups is 1. The summed E-state index contributed by atoms with van der Waals surface area (Å²) in [7, 11) is 0. The summed E-state index contributed by atoms with van der Waals surface area (Å²) in [6, 6.07) is 0.555. The topological polar surface area (TPSA) is 58.1 Å². The first kappa shape index (κ1) is 19.6. The van der Waals surface area contributed by atoms with E-state index in [9.17, 15) is 0 Å². The van der Waals surface area contributed by atoms with E-state index in [1.807, 2.05) is 0 Å². The quantitative estimate of drug-likeness (QED) is 0.367. The van der Waals surface area contributed by atoms with E-state index in [0.29, 0.717) is 23.5 Å². The number of fused-ring (bicyclic) bond motifs is 2. The van der Waals surface area contributed by atoms with E-state index in [0.717, 1.165) is 58.5 Å². The minimum atomic E-state index is 0. The highest BCUT2D eigenvalue weighted by atomic mass is 127. The normalized spacial score (nSPS) is 33.8. The number of hydrogen-bond acceptors (Lipinski definition) is 4. The molecule has 7 heteroatoms. The lowest BCUT2D eigenvalue weighted by molar-refractivity contribution is -0.171. The van der Waals surface area contributed by atoms with Crippen LogP contribution in [0.2, 0.25) is 0 Å². The van der Waals surface area contributed by atoms with Gasteiger partial charge in [-0.3, -0.25) is 9.89 Å². The van der Waals surface area contributed by atoms with Gasteiger partial charge in [0.2, 0.25) is 0 Å². The molecule has 4 aliphatic rings. The second kappa shape index (κ2) is 8.71. The lowest BCUT2D eigenvalue weighted by atomic mass is 9.46. The van der Waals surface area contributed by atoms with Crippen LogP contribution in [0.25, 0.3) is 0 Å². The van der Waals surface area contributed by atoms with Gasteiger partial charge >= 0.3 is 0 Å². The van der Waals surface area contributed by atoms with Crippen LogP contribution in [0.4, 0.5) is 0 Å². The Morgan fingerprint density at radius 1 is 1.24 bits per heavy atom. The van der Waals surface area contributed by atoms with Crippen LogP contribution in [-0.2, 0) is 9.47 Å². The summed E-state index contributed by atoms with van der Waals surface area (Å²) in [5, 5.41) is 7.21. The monoisotopic (exact) mass is 464 g/mol. The minimum absolute atomic E-state index is 0. The second-order valence-electron chi connectivity index (χ2n) is 7.67. The van der Waals surface area contributed by atoms with E-state index >= 15 is 0 Å². The number of ether oxygens (including phenoxy) is 2. The Balaban J connectivity index is 0.00000182. The molecule has 144 valence electrons. The first-order valence-electron chi connectivity index (χ1n) is 9.80. The van der Waals surface area contributed by atoms with Gasteiger partial charge in [-0.15, -0.1) is 24.0 Å². The molecule has 2 aliphatic carbocycles.